The van der Waals surface area contributed by atoms with Gasteiger partial charge in [0.2, 0.25) is 0 Å². The Morgan fingerprint density at radius 1 is 1.41 bits per heavy atom. The van der Waals surface area contributed by atoms with Crippen LogP contribution >= 0.6 is 31.9 Å². The molecule has 0 aliphatic heterocycles. The molecule has 5 nitrogen and oxygen atoms in total. The molecule has 0 bridgehead atoms. The number of hydrogen-bond acceptors (Lipinski definition) is 3. The lowest BCUT2D eigenvalue weighted by atomic mass is 10.2. The van der Waals surface area contributed by atoms with Crippen molar-refractivity contribution in [2.24, 2.45) is 0 Å². The van der Waals surface area contributed by atoms with Crippen LogP contribution in [0.5, 0.6) is 0 Å². The van der Waals surface area contributed by atoms with Crippen LogP contribution < -0.4 is 5.32 Å². The van der Waals surface area contributed by atoms with E-state index in [1.165, 1.54) is 6.07 Å². The highest BCUT2D eigenvalue weighted by molar-refractivity contribution is 9.11. The summed E-state index contributed by atoms with van der Waals surface area (Å²) >= 11 is 6.36. The Balaban J connectivity index is 3.12. The van der Waals surface area contributed by atoms with Gasteiger partial charge >= 0.3 is 12.1 Å². The molecule has 92 valence electrons. The third-order valence-electron chi connectivity index (χ3n) is 1.79. The number of anilines is 1. The van der Waals surface area contributed by atoms with E-state index in [4.69, 9.17) is 9.84 Å². The van der Waals surface area contributed by atoms with Crippen LogP contribution in [0, 0.1) is 0 Å². The number of hydrogen-bond donors (Lipinski definition) is 2. The summed E-state index contributed by atoms with van der Waals surface area (Å²) in [5, 5.41) is 11.4. The summed E-state index contributed by atoms with van der Waals surface area (Å²) in [5.41, 5.74) is 0.137. The molecule has 0 atom stereocenters. The molecule has 1 aromatic carbocycles. The van der Waals surface area contributed by atoms with E-state index in [1.807, 2.05) is 0 Å². The molecule has 1 aromatic rings. The Kier molecular flexibility index (Phi) is 4.95. The van der Waals surface area contributed by atoms with Crippen molar-refractivity contribution in [1.29, 1.82) is 0 Å². The Hall–Kier alpha value is -1.08. The molecule has 0 aliphatic rings. The number of ether oxygens (including phenoxy) is 1. The van der Waals surface area contributed by atoms with Crippen molar-refractivity contribution < 1.29 is 19.4 Å². The minimum absolute atomic E-state index is 0.0284. The number of benzene rings is 1. The predicted octanol–water partition coefficient (Wildman–Crippen LogP) is 3.48. The van der Waals surface area contributed by atoms with Crippen molar-refractivity contribution in [3.8, 4) is 0 Å². The quantitative estimate of drug-likeness (QED) is 0.858. The maximum atomic E-state index is 11.3. The van der Waals surface area contributed by atoms with E-state index in [2.05, 4.69) is 37.2 Å². The van der Waals surface area contributed by atoms with E-state index in [-0.39, 0.29) is 17.9 Å². The molecule has 0 radical (unpaired) electrons. The van der Waals surface area contributed by atoms with Gasteiger partial charge in [-0.25, -0.2) is 9.59 Å². The fourth-order valence-corrected chi connectivity index (χ4v) is 2.46. The van der Waals surface area contributed by atoms with Crippen molar-refractivity contribution in [3.63, 3.8) is 0 Å². The standard InChI is InChI=1S/C10H9Br2NO4/c1-2-17-10(16)13-8-6(9(14)15)3-5(11)4-7(8)12/h3-4H,2H2,1H3,(H,13,16)(H,14,15). The zero-order chi connectivity index (χ0) is 13.0. The van der Waals surface area contributed by atoms with Crippen LogP contribution in [0.25, 0.3) is 0 Å². The molecule has 2 N–H and O–H groups in total. The second-order valence-electron chi connectivity index (χ2n) is 2.96. The smallest absolute Gasteiger partial charge is 0.411 e. The van der Waals surface area contributed by atoms with Gasteiger partial charge in [0.25, 0.3) is 0 Å². The molecule has 0 unspecified atom stereocenters. The highest BCUT2D eigenvalue weighted by atomic mass is 79.9. The zero-order valence-electron chi connectivity index (χ0n) is 8.79. The molecule has 7 heteroatoms. The molecule has 1 rings (SSSR count). The molecule has 0 aliphatic carbocycles. The monoisotopic (exact) mass is 365 g/mol. The summed E-state index contributed by atoms with van der Waals surface area (Å²) in [7, 11) is 0. The Morgan fingerprint density at radius 2 is 2.06 bits per heavy atom. The maximum absolute atomic E-state index is 11.3. The fourth-order valence-electron chi connectivity index (χ4n) is 1.14. The van der Waals surface area contributed by atoms with Crippen molar-refractivity contribution in [2.45, 2.75) is 6.92 Å². The number of carbonyl (C=O) groups excluding carboxylic acids is 1. The molecule has 17 heavy (non-hydrogen) atoms. The van der Waals surface area contributed by atoms with Crippen LogP contribution in [0.2, 0.25) is 0 Å². The first-order chi connectivity index (χ1) is 7.95. The molecule has 0 saturated carbocycles. The summed E-state index contributed by atoms with van der Waals surface area (Å²) in [6.45, 7) is 1.87. The minimum Gasteiger partial charge on any atom is -0.478 e. The van der Waals surface area contributed by atoms with Gasteiger partial charge in [-0.2, -0.15) is 0 Å². The van der Waals surface area contributed by atoms with Crippen molar-refractivity contribution in [3.05, 3.63) is 26.6 Å². The van der Waals surface area contributed by atoms with Gasteiger partial charge in [0, 0.05) is 8.95 Å². The lowest BCUT2D eigenvalue weighted by Gasteiger charge is -2.11. The first kappa shape index (κ1) is 14.0. The number of amides is 1. The lowest BCUT2D eigenvalue weighted by Crippen LogP contribution is -2.16. The van der Waals surface area contributed by atoms with Crippen molar-refractivity contribution in [2.75, 3.05) is 11.9 Å². The number of carbonyl (C=O) groups is 2. The molecule has 0 saturated heterocycles. The van der Waals surface area contributed by atoms with Crippen LogP contribution in [0.1, 0.15) is 17.3 Å². The van der Waals surface area contributed by atoms with Gasteiger partial charge in [0.1, 0.15) is 0 Å². The fraction of sp³-hybridized carbons (Fsp3) is 0.200. The van der Waals surface area contributed by atoms with Gasteiger partial charge in [-0.15, -0.1) is 0 Å². The van der Waals surface area contributed by atoms with Gasteiger partial charge in [0.05, 0.1) is 17.9 Å². The van der Waals surface area contributed by atoms with E-state index in [0.29, 0.717) is 8.95 Å². The highest BCUT2D eigenvalue weighted by Crippen LogP contribution is 2.30. The molecule has 1 amide bonds. The zero-order valence-corrected chi connectivity index (χ0v) is 12.0. The second-order valence-corrected chi connectivity index (χ2v) is 4.73. The third-order valence-corrected chi connectivity index (χ3v) is 2.87. The van der Waals surface area contributed by atoms with E-state index in [0.717, 1.165) is 0 Å². The first-order valence-electron chi connectivity index (χ1n) is 4.61. The van der Waals surface area contributed by atoms with Gasteiger partial charge in [-0.1, -0.05) is 15.9 Å². The lowest BCUT2D eigenvalue weighted by molar-refractivity contribution is 0.0698. The van der Waals surface area contributed by atoms with Gasteiger partial charge < -0.3 is 9.84 Å². The number of halogens is 2. The van der Waals surface area contributed by atoms with Crippen LogP contribution in [0.3, 0.4) is 0 Å². The highest BCUT2D eigenvalue weighted by Gasteiger charge is 2.17. The maximum Gasteiger partial charge on any atom is 0.411 e. The molecular formula is C10H9Br2NO4. The molecular weight excluding hydrogens is 358 g/mol. The molecule has 0 heterocycles. The number of nitrogens with one attached hydrogen (secondary N) is 1. The Morgan fingerprint density at radius 3 is 2.59 bits per heavy atom. The Labute approximate surface area is 114 Å². The van der Waals surface area contributed by atoms with E-state index in [1.54, 1.807) is 13.0 Å². The van der Waals surface area contributed by atoms with Crippen LogP contribution in [-0.4, -0.2) is 23.8 Å². The topological polar surface area (TPSA) is 75.6 Å². The van der Waals surface area contributed by atoms with Crippen molar-refractivity contribution >= 4 is 49.6 Å². The first-order valence-corrected chi connectivity index (χ1v) is 6.20. The largest absolute Gasteiger partial charge is 0.478 e. The summed E-state index contributed by atoms with van der Waals surface area (Å²) in [6, 6.07) is 3.03. The number of carboxylic acids is 1. The van der Waals surface area contributed by atoms with Gasteiger partial charge in [-0.3, -0.25) is 5.32 Å². The van der Waals surface area contributed by atoms with Crippen molar-refractivity contribution in [1.82, 2.24) is 0 Å². The second kappa shape index (κ2) is 6.02. The predicted molar refractivity (Wildman–Crippen MR) is 69.4 cm³/mol. The molecule has 0 spiro atoms. The summed E-state index contributed by atoms with van der Waals surface area (Å²) in [5.74, 6) is -1.14. The van der Waals surface area contributed by atoms with Crippen LogP contribution in [0.15, 0.2) is 21.1 Å². The summed E-state index contributed by atoms with van der Waals surface area (Å²) in [4.78, 5) is 22.3. The number of aromatic carboxylic acids is 1. The SMILES string of the molecule is CCOC(=O)Nc1c(Br)cc(Br)cc1C(=O)O. The molecule has 0 fully saturated rings. The van der Waals surface area contributed by atoms with Crippen LogP contribution in [-0.2, 0) is 4.74 Å². The number of carboxylic acid groups (broad SMARTS) is 1. The normalized spacial score (nSPS) is 9.82. The van der Waals surface area contributed by atoms with E-state index in [9.17, 15) is 9.59 Å². The third kappa shape index (κ3) is 3.71. The van der Waals surface area contributed by atoms with E-state index >= 15 is 0 Å². The van der Waals surface area contributed by atoms with Gasteiger partial charge in [0.15, 0.2) is 0 Å². The average molecular weight is 367 g/mol. The Bertz CT molecular complexity index is 462. The number of rotatable bonds is 3. The van der Waals surface area contributed by atoms with E-state index < -0.39 is 12.1 Å². The average Bonchev–Trinajstić information content (AvgIpc) is 2.21. The van der Waals surface area contributed by atoms with Crippen LogP contribution in [0.4, 0.5) is 10.5 Å². The summed E-state index contributed by atoms with van der Waals surface area (Å²) in [6.07, 6.45) is -0.696. The van der Waals surface area contributed by atoms with Gasteiger partial charge in [-0.05, 0) is 35.0 Å². The summed E-state index contributed by atoms with van der Waals surface area (Å²) < 4.78 is 5.74. The molecule has 0 aromatic heterocycles. The minimum atomic E-state index is -1.14.